The number of rotatable bonds is 4. The molecule has 0 bridgehead atoms. The molecule has 1 aromatic rings. The number of benzene rings is 1. The molecule has 5 nitrogen and oxygen atoms in total. The fraction of sp³-hybridized carbons (Fsp3) is 0.462. The molecule has 1 saturated heterocycles. The molecule has 2 rings (SSSR count). The predicted octanol–water partition coefficient (Wildman–Crippen LogP) is 0.635. The van der Waals surface area contributed by atoms with E-state index in [1.165, 1.54) is 0 Å². The van der Waals surface area contributed by atoms with E-state index in [0.29, 0.717) is 26.3 Å². The third-order valence-corrected chi connectivity index (χ3v) is 3.91. The summed E-state index contributed by atoms with van der Waals surface area (Å²) in [6.45, 7) is 2.02. The summed E-state index contributed by atoms with van der Waals surface area (Å²) in [6.07, 6.45) is 0. The molecule has 0 spiro atoms. The van der Waals surface area contributed by atoms with Gasteiger partial charge < -0.3 is 16.2 Å². The Labute approximate surface area is 121 Å². The zero-order valence-electron chi connectivity index (χ0n) is 10.6. The van der Waals surface area contributed by atoms with Crippen LogP contribution in [0.15, 0.2) is 28.7 Å². The van der Waals surface area contributed by atoms with Gasteiger partial charge in [-0.1, -0.05) is 28.1 Å². The number of primary amides is 1. The van der Waals surface area contributed by atoms with E-state index in [-0.39, 0.29) is 11.9 Å². The van der Waals surface area contributed by atoms with Gasteiger partial charge in [0.25, 0.3) is 0 Å². The molecule has 2 unspecified atom stereocenters. The summed E-state index contributed by atoms with van der Waals surface area (Å²) >= 11 is 3.41. The maximum atomic E-state index is 11.5. The maximum Gasteiger partial charge on any atom is 0.237 e. The van der Waals surface area contributed by atoms with E-state index in [1.54, 1.807) is 0 Å². The number of nitrogens with two attached hydrogens (primary N) is 2. The van der Waals surface area contributed by atoms with Gasteiger partial charge in [-0.2, -0.15) is 0 Å². The van der Waals surface area contributed by atoms with E-state index >= 15 is 0 Å². The van der Waals surface area contributed by atoms with Crippen LogP contribution in [-0.2, 0) is 9.53 Å². The molecule has 0 aliphatic carbocycles. The standard InChI is InChI=1S/C13H18BrN3O2/c14-10-3-1-9(2-4-10)11(7-15)17-5-6-19-8-12(17)13(16)18/h1-4,11-12H,5-8,15H2,(H2,16,18). The van der Waals surface area contributed by atoms with Crippen LogP contribution in [0.4, 0.5) is 0 Å². The van der Waals surface area contributed by atoms with Crippen LogP contribution in [0.3, 0.4) is 0 Å². The van der Waals surface area contributed by atoms with Gasteiger partial charge in [0.05, 0.1) is 13.2 Å². The third kappa shape index (κ3) is 3.33. The molecule has 1 amide bonds. The number of nitrogens with zero attached hydrogens (tertiary/aromatic N) is 1. The molecule has 1 fully saturated rings. The normalized spacial score (nSPS) is 22.1. The summed E-state index contributed by atoms with van der Waals surface area (Å²) in [5, 5.41) is 0. The first-order valence-electron chi connectivity index (χ1n) is 6.22. The van der Waals surface area contributed by atoms with Crippen molar-refractivity contribution in [2.24, 2.45) is 11.5 Å². The SMILES string of the molecule is NCC(c1ccc(Br)cc1)N1CCOCC1C(N)=O. The Bertz CT molecular complexity index is 438. The minimum Gasteiger partial charge on any atom is -0.378 e. The van der Waals surface area contributed by atoms with Crippen molar-refractivity contribution in [3.05, 3.63) is 34.3 Å². The Balaban J connectivity index is 2.24. The van der Waals surface area contributed by atoms with E-state index in [2.05, 4.69) is 15.9 Å². The number of halogens is 1. The van der Waals surface area contributed by atoms with Gasteiger partial charge in [0.1, 0.15) is 6.04 Å². The van der Waals surface area contributed by atoms with Gasteiger partial charge in [0.2, 0.25) is 5.91 Å². The second kappa shape index (κ2) is 6.47. The Morgan fingerprint density at radius 2 is 2.16 bits per heavy atom. The third-order valence-electron chi connectivity index (χ3n) is 3.38. The van der Waals surface area contributed by atoms with Gasteiger partial charge in [-0.15, -0.1) is 0 Å². The average molecular weight is 328 g/mol. The summed E-state index contributed by atoms with van der Waals surface area (Å²) in [7, 11) is 0. The van der Waals surface area contributed by atoms with E-state index in [4.69, 9.17) is 16.2 Å². The van der Waals surface area contributed by atoms with Gasteiger partial charge in [-0.3, -0.25) is 9.69 Å². The van der Waals surface area contributed by atoms with Crippen molar-refractivity contribution in [2.45, 2.75) is 12.1 Å². The van der Waals surface area contributed by atoms with Crippen LogP contribution < -0.4 is 11.5 Å². The molecule has 4 N–H and O–H groups in total. The summed E-state index contributed by atoms with van der Waals surface area (Å²) < 4.78 is 6.35. The van der Waals surface area contributed by atoms with Gasteiger partial charge in [-0.05, 0) is 17.7 Å². The number of hydrogen-bond donors (Lipinski definition) is 2. The van der Waals surface area contributed by atoms with Gasteiger partial charge >= 0.3 is 0 Å². The summed E-state index contributed by atoms with van der Waals surface area (Å²) in [6, 6.07) is 7.53. The number of carbonyl (C=O) groups excluding carboxylic acids is 1. The fourth-order valence-corrected chi connectivity index (χ4v) is 2.65. The van der Waals surface area contributed by atoms with Crippen LogP contribution in [0.2, 0.25) is 0 Å². The summed E-state index contributed by atoms with van der Waals surface area (Å²) in [5.41, 5.74) is 12.4. The summed E-state index contributed by atoms with van der Waals surface area (Å²) in [4.78, 5) is 13.6. The minimum absolute atomic E-state index is 0.0190. The van der Waals surface area contributed by atoms with Gasteiger partial charge in [0.15, 0.2) is 0 Å². The minimum atomic E-state index is -0.411. The lowest BCUT2D eigenvalue weighted by Crippen LogP contribution is -2.54. The second-order valence-corrected chi connectivity index (χ2v) is 5.45. The molecule has 0 saturated carbocycles. The van der Waals surface area contributed by atoms with Crippen molar-refractivity contribution in [3.8, 4) is 0 Å². The van der Waals surface area contributed by atoms with Gasteiger partial charge in [-0.25, -0.2) is 0 Å². The first-order chi connectivity index (χ1) is 9.13. The van der Waals surface area contributed by atoms with Crippen molar-refractivity contribution >= 4 is 21.8 Å². The first kappa shape index (κ1) is 14.5. The Kier molecular flexibility index (Phi) is 4.93. The molecular weight excluding hydrogens is 310 g/mol. The molecule has 1 aliphatic rings. The average Bonchev–Trinajstić information content (AvgIpc) is 2.42. The highest BCUT2D eigenvalue weighted by atomic mass is 79.9. The molecule has 2 atom stereocenters. The zero-order chi connectivity index (χ0) is 13.8. The highest BCUT2D eigenvalue weighted by molar-refractivity contribution is 9.10. The lowest BCUT2D eigenvalue weighted by Gasteiger charge is -2.39. The van der Waals surface area contributed by atoms with Crippen LogP contribution in [-0.4, -0.2) is 43.2 Å². The molecule has 19 heavy (non-hydrogen) atoms. The number of ether oxygens (including phenoxy) is 1. The molecule has 0 aromatic heterocycles. The molecule has 6 heteroatoms. The van der Waals surface area contributed by atoms with Crippen LogP contribution >= 0.6 is 15.9 Å². The van der Waals surface area contributed by atoms with Crippen molar-refractivity contribution in [1.82, 2.24) is 4.90 Å². The van der Waals surface area contributed by atoms with Crippen LogP contribution in [0, 0.1) is 0 Å². The number of morpholine rings is 1. The van der Waals surface area contributed by atoms with Gasteiger partial charge in [0, 0.05) is 23.6 Å². The van der Waals surface area contributed by atoms with Crippen LogP contribution in [0.5, 0.6) is 0 Å². The van der Waals surface area contributed by atoms with Crippen LogP contribution in [0.25, 0.3) is 0 Å². The van der Waals surface area contributed by atoms with Crippen molar-refractivity contribution in [2.75, 3.05) is 26.3 Å². The highest BCUT2D eigenvalue weighted by Gasteiger charge is 2.33. The lowest BCUT2D eigenvalue weighted by atomic mass is 10.0. The first-order valence-corrected chi connectivity index (χ1v) is 7.01. The van der Waals surface area contributed by atoms with E-state index in [9.17, 15) is 4.79 Å². The monoisotopic (exact) mass is 327 g/mol. The molecule has 0 radical (unpaired) electrons. The molecule has 1 heterocycles. The largest absolute Gasteiger partial charge is 0.378 e. The molecule has 1 aromatic carbocycles. The fourth-order valence-electron chi connectivity index (χ4n) is 2.38. The Morgan fingerprint density at radius 1 is 1.47 bits per heavy atom. The van der Waals surface area contributed by atoms with Crippen molar-refractivity contribution in [3.63, 3.8) is 0 Å². The Morgan fingerprint density at radius 3 is 2.74 bits per heavy atom. The van der Waals surface area contributed by atoms with E-state index < -0.39 is 6.04 Å². The number of amides is 1. The smallest absolute Gasteiger partial charge is 0.237 e. The van der Waals surface area contributed by atoms with Crippen molar-refractivity contribution in [1.29, 1.82) is 0 Å². The number of carbonyl (C=O) groups is 1. The van der Waals surface area contributed by atoms with Crippen molar-refractivity contribution < 1.29 is 9.53 Å². The second-order valence-electron chi connectivity index (χ2n) is 4.53. The molecule has 1 aliphatic heterocycles. The lowest BCUT2D eigenvalue weighted by molar-refractivity contribution is -0.131. The van der Waals surface area contributed by atoms with Crippen LogP contribution in [0.1, 0.15) is 11.6 Å². The topological polar surface area (TPSA) is 81.6 Å². The quantitative estimate of drug-likeness (QED) is 0.850. The highest BCUT2D eigenvalue weighted by Crippen LogP contribution is 2.25. The molecule has 104 valence electrons. The predicted molar refractivity (Wildman–Crippen MR) is 76.4 cm³/mol. The van der Waals surface area contributed by atoms with E-state index in [1.807, 2.05) is 29.2 Å². The van der Waals surface area contributed by atoms with E-state index in [0.717, 1.165) is 10.0 Å². The zero-order valence-corrected chi connectivity index (χ0v) is 12.2. The Hall–Kier alpha value is -0.950. The maximum absolute atomic E-state index is 11.5. The summed E-state index contributed by atoms with van der Waals surface area (Å²) in [5.74, 6) is -0.365. The number of hydrogen-bond acceptors (Lipinski definition) is 4. The molecular formula is C13H18BrN3O2.